The van der Waals surface area contributed by atoms with E-state index in [1.165, 1.54) is 19.0 Å². The van der Waals surface area contributed by atoms with Gasteiger partial charge in [0.2, 0.25) is 5.95 Å². The molecular weight excluding hydrogens is 454 g/mol. The quantitative estimate of drug-likeness (QED) is 0.414. The third kappa shape index (κ3) is 3.77. The van der Waals surface area contributed by atoms with Gasteiger partial charge in [-0.1, -0.05) is 11.6 Å². The number of Topliss-reactive ketones (excluding diaryl/α,β-unsaturated/α-hetero) is 1. The van der Waals surface area contributed by atoms with Crippen molar-refractivity contribution < 1.29 is 4.79 Å². The maximum Gasteiger partial charge on any atom is 0.246 e. The summed E-state index contributed by atoms with van der Waals surface area (Å²) in [6, 6.07) is 5.91. The number of fused-ring (bicyclic) bond motifs is 1. The third-order valence-electron chi connectivity index (χ3n) is 6.74. The van der Waals surface area contributed by atoms with Crippen molar-refractivity contribution >= 4 is 40.5 Å². The van der Waals surface area contributed by atoms with Crippen LogP contribution in [0.2, 0.25) is 5.15 Å². The standard InChI is InChI=1S/C23H24ClN9O/c1-23(18(34)10-15-12-26-19(24)13-25-15)7-3-8-32(23)22-28-21(17-4-2-9-33(17)31-22)27-20-11-16(29-30-20)14-5-6-14/h2,4,9,11-14H,3,5-8,10H2,1H3,(H2,27,28,29,30,31)/t23-/m0/s1. The molecule has 1 aliphatic carbocycles. The number of H-pyrrole nitrogens is 1. The van der Waals surface area contributed by atoms with Crippen LogP contribution >= 0.6 is 11.6 Å². The number of hydrogen-bond donors (Lipinski definition) is 2. The number of nitrogens with zero attached hydrogens (tertiary/aromatic N) is 7. The lowest BCUT2D eigenvalue weighted by molar-refractivity contribution is -0.122. The van der Waals surface area contributed by atoms with E-state index in [0.717, 1.165) is 23.4 Å². The largest absolute Gasteiger partial charge is 0.327 e. The number of carbonyl (C=O) groups is 1. The van der Waals surface area contributed by atoms with Gasteiger partial charge in [0.25, 0.3) is 0 Å². The second-order valence-corrected chi connectivity index (χ2v) is 9.55. The number of rotatable bonds is 7. The number of halogens is 1. The highest BCUT2D eigenvalue weighted by Gasteiger charge is 2.44. The number of anilines is 3. The Morgan fingerprint density at radius 3 is 3.00 bits per heavy atom. The van der Waals surface area contributed by atoms with Gasteiger partial charge < -0.3 is 10.2 Å². The van der Waals surface area contributed by atoms with Crippen molar-refractivity contribution in [3.8, 4) is 0 Å². The first kappa shape index (κ1) is 21.0. The molecule has 34 heavy (non-hydrogen) atoms. The number of aromatic nitrogens is 7. The summed E-state index contributed by atoms with van der Waals surface area (Å²) in [6.45, 7) is 2.65. The Morgan fingerprint density at radius 1 is 1.32 bits per heavy atom. The predicted octanol–water partition coefficient (Wildman–Crippen LogP) is 3.69. The van der Waals surface area contributed by atoms with Gasteiger partial charge in [0.05, 0.1) is 30.0 Å². The van der Waals surface area contributed by atoms with Gasteiger partial charge in [-0.3, -0.25) is 14.9 Å². The van der Waals surface area contributed by atoms with E-state index >= 15 is 0 Å². The summed E-state index contributed by atoms with van der Waals surface area (Å²) in [5.74, 6) is 2.50. The fourth-order valence-corrected chi connectivity index (χ4v) is 4.71. The van der Waals surface area contributed by atoms with Crippen molar-refractivity contribution in [1.82, 2.24) is 34.8 Å². The van der Waals surface area contributed by atoms with Crippen molar-refractivity contribution in [3.63, 3.8) is 0 Å². The summed E-state index contributed by atoms with van der Waals surface area (Å²) in [5, 5.41) is 15.9. The second-order valence-electron chi connectivity index (χ2n) is 9.17. The van der Waals surface area contributed by atoms with E-state index < -0.39 is 5.54 Å². The van der Waals surface area contributed by atoms with E-state index in [9.17, 15) is 4.79 Å². The minimum absolute atomic E-state index is 0.0497. The van der Waals surface area contributed by atoms with Crippen LogP contribution in [0.3, 0.4) is 0 Å². The molecule has 2 N–H and O–H groups in total. The molecule has 1 saturated heterocycles. The lowest BCUT2D eigenvalue weighted by atomic mass is 9.90. The summed E-state index contributed by atoms with van der Waals surface area (Å²) >= 11 is 5.84. The Labute approximate surface area is 200 Å². The molecule has 2 fully saturated rings. The van der Waals surface area contributed by atoms with Crippen LogP contribution in [-0.2, 0) is 11.2 Å². The van der Waals surface area contributed by atoms with Crippen molar-refractivity contribution in [2.24, 2.45) is 0 Å². The van der Waals surface area contributed by atoms with Crippen LogP contribution in [-0.4, -0.2) is 52.6 Å². The fraction of sp³-hybridized carbons (Fsp3) is 0.391. The van der Waals surface area contributed by atoms with Gasteiger partial charge >= 0.3 is 0 Å². The van der Waals surface area contributed by atoms with Crippen LogP contribution in [0.5, 0.6) is 0 Å². The van der Waals surface area contributed by atoms with Crippen molar-refractivity contribution in [1.29, 1.82) is 0 Å². The monoisotopic (exact) mass is 477 g/mol. The van der Waals surface area contributed by atoms with Crippen LogP contribution in [0.1, 0.15) is 49.9 Å². The topological polar surface area (TPSA) is 117 Å². The third-order valence-corrected chi connectivity index (χ3v) is 6.93. The van der Waals surface area contributed by atoms with E-state index in [0.29, 0.717) is 41.5 Å². The molecular formula is C23H24ClN9O. The molecule has 0 amide bonds. The van der Waals surface area contributed by atoms with Crippen LogP contribution in [0.25, 0.3) is 5.52 Å². The normalized spacial score (nSPS) is 20.2. The Bertz CT molecular complexity index is 1360. The molecule has 6 rings (SSSR count). The Balaban J connectivity index is 1.31. The molecule has 0 unspecified atom stereocenters. The average Bonchev–Trinajstić information content (AvgIpc) is 3.20. The van der Waals surface area contributed by atoms with Crippen LogP contribution < -0.4 is 10.2 Å². The van der Waals surface area contributed by atoms with Gasteiger partial charge in [0.15, 0.2) is 17.4 Å². The van der Waals surface area contributed by atoms with E-state index in [1.54, 1.807) is 10.7 Å². The fourth-order valence-electron chi connectivity index (χ4n) is 4.61. The highest BCUT2D eigenvalue weighted by Crippen LogP contribution is 2.40. The molecule has 2 aliphatic rings. The Hall–Kier alpha value is -3.53. The van der Waals surface area contributed by atoms with Crippen LogP contribution in [0.15, 0.2) is 36.8 Å². The molecule has 0 radical (unpaired) electrons. The van der Waals surface area contributed by atoms with E-state index in [-0.39, 0.29) is 12.2 Å². The average molecular weight is 478 g/mol. The SMILES string of the molecule is C[C@@]1(C(=O)Cc2cnc(Cl)cn2)CCCN1c1nc(Nc2cc(C3CC3)[nH]n2)c2cccn2n1. The summed E-state index contributed by atoms with van der Waals surface area (Å²) in [5.41, 5.74) is 1.83. The molecule has 5 heterocycles. The zero-order valence-electron chi connectivity index (χ0n) is 18.7. The summed E-state index contributed by atoms with van der Waals surface area (Å²) in [4.78, 5) is 28.6. The maximum absolute atomic E-state index is 13.4. The molecule has 174 valence electrons. The highest BCUT2D eigenvalue weighted by molar-refractivity contribution is 6.29. The molecule has 1 atom stereocenters. The molecule has 0 aromatic carbocycles. The van der Waals surface area contributed by atoms with Gasteiger partial charge in [0.1, 0.15) is 10.7 Å². The molecule has 4 aromatic heterocycles. The highest BCUT2D eigenvalue weighted by atomic mass is 35.5. The van der Waals surface area contributed by atoms with Gasteiger partial charge in [0, 0.05) is 30.4 Å². The van der Waals surface area contributed by atoms with Gasteiger partial charge in [-0.25, -0.2) is 9.50 Å². The molecule has 0 spiro atoms. The van der Waals surface area contributed by atoms with Crippen molar-refractivity contribution in [2.45, 2.75) is 50.5 Å². The number of hydrogen-bond acceptors (Lipinski definition) is 8. The smallest absolute Gasteiger partial charge is 0.246 e. The van der Waals surface area contributed by atoms with E-state index in [1.807, 2.05) is 36.2 Å². The lowest BCUT2D eigenvalue weighted by Crippen LogP contribution is -2.50. The first-order valence-corrected chi connectivity index (χ1v) is 11.8. The van der Waals surface area contributed by atoms with Crippen LogP contribution in [0, 0.1) is 0 Å². The maximum atomic E-state index is 13.4. The van der Waals surface area contributed by atoms with E-state index in [4.69, 9.17) is 21.7 Å². The first-order chi connectivity index (χ1) is 16.5. The zero-order chi connectivity index (χ0) is 23.3. The van der Waals surface area contributed by atoms with Gasteiger partial charge in [-0.15, -0.1) is 5.10 Å². The molecule has 4 aromatic rings. The minimum Gasteiger partial charge on any atom is -0.327 e. The molecule has 0 bridgehead atoms. The summed E-state index contributed by atoms with van der Waals surface area (Å²) < 4.78 is 1.78. The van der Waals surface area contributed by atoms with Gasteiger partial charge in [-0.05, 0) is 44.7 Å². The minimum atomic E-state index is -0.745. The first-order valence-electron chi connectivity index (χ1n) is 11.4. The summed E-state index contributed by atoms with van der Waals surface area (Å²) in [7, 11) is 0. The Morgan fingerprint density at radius 2 is 2.21 bits per heavy atom. The lowest BCUT2D eigenvalue weighted by Gasteiger charge is -2.34. The molecule has 11 heteroatoms. The van der Waals surface area contributed by atoms with Crippen LogP contribution in [0.4, 0.5) is 17.6 Å². The van der Waals surface area contributed by atoms with E-state index in [2.05, 4.69) is 25.5 Å². The number of ketones is 1. The second kappa shape index (κ2) is 8.05. The zero-order valence-corrected chi connectivity index (χ0v) is 19.5. The molecule has 1 aliphatic heterocycles. The van der Waals surface area contributed by atoms with Crippen molar-refractivity contribution in [3.05, 3.63) is 53.3 Å². The Kier molecular flexibility index (Phi) is 4.98. The number of nitrogens with one attached hydrogen (secondary N) is 2. The molecule has 10 nitrogen and oxygen atoms in total. The van der Waals surface area contributed by atoms with Gasteiger partial charge in [-0.2, -0.15) is 10.1 Å². The number of carbonyl (C=O) groups excluding carboxylic acids is 1. The molecule has 1 saturated carbocycles. The number of aromatic amines is 1. The summed E-state index contributed by atoms with van der Waals surface area (Å²) in [6.07, 6.45) is 9.05. The predicted molar refractivity (Wildman–Crippen MR) is 128 cm³/mol. The van der Waals surface area contributed by atoms with Crippen molar-refractivity contribution in [2.75, 3.05) is 16.8 Å².